The second-order valence-electron chi connectivity index (χ2n) is 6.11. The topological polar surface area (TPSA) is 118 Å². The summed E-state index contributed by atoms with van der Waals surface area (Å²) in [5.74, 6) is -0.523. The monoisotopic (exact) mass is 391 g/mol. The molecule has 2 rings (SSSR count). The van der Waals surface area contributed by atoms with Crippen LogP contribution in [-0.4, -0.2) is 25.0 Å². The number of hydrogen-bond acceptors (Lipinski definition) is 5. The number of carbonyl (C=O) groups is 1. The molecule has 0 saturated carbocycles. The molecule has 144 valence electrons. The third-order valence-corrected chi connectivity index (χ3v) is 5.46. The van der Waals surface area contributed by atoms with Crippen molar-refractivity contribution < 1.29 is 18.1 Å². The molecular weight excluding hydrogens is 370 g/mol. The Morgan fingerprint density at radius 3 is 2.44 bits per heavy atom. The molecule has 0 fully saturated rings. The lowest BCUT2D eigenvalue weighted by Gasteiger charge is -2.14. The summed E-state index contributed by atoms with van der Waals surface area (Å²) in [5, 5.41) is 13.7. The molecule has 2 N–H and O–H groups in total. The van der Waals surface area contributed by atoms with E-state index in [0.29, 0.717) is 28.9 Å². The first kappa shape index (κ1) is 20.4. The highest BCUT2D eigenvalue weighted by Crippen LogP contribution is 2.26. The smallest absolute Gasteiger partial charge is 0.273 e. The summed E-state index contributed by atoms with van der Waals surface area (Å²) in [7, 11) is -3.46. The molecule has 0 atom stereocenters. The van der Waals surface area contributed by atoms with Gasteiger partial charge in [0.2, 0.25) is 10.0 Å². The number of nitro groups is 1. The number of nitro benzene ring substituents is 1. The van der Waals surface area contributed by atoms with Crippen LogP contribution in [0.25, 0.3) is 0 Å². The van der Waals surface area contributed by atoms with Crippen molar-refractivity contribution in [1.29, 1.82) is 0 Å². The van der Waals surface area contributed by atoms with Crippen molar-refractivity contribution in [3.63, 3.8) is 0 Å². The van der Waals surface area contributed by atoms with Gasteiger partial charge in [0.1, 0.15) is 0 Å². The van der Waals surface area contributed by atoms with Gasteiger partial charge < -0.3 is 5.32 Å². The van der Waals surface area contributed by atoms with Gasteiger partial charge in [-0.2, -0.15) is 0 Å². The third-order valence-electron chi connectivity index (χ3n) is 3.99. The van der Waals surface area contributed by atoms with Crippen LogP contribution in [0.1, 0.15) is 34.8 Å². The highest BCUT2D eigenvalue weighted by Gasteiger charge is 2.17. The Morgan fingerprint density at radius 2 is 1.81 bits per heavy atom. The van der Waals surface area contributed by atoms with E-state index in [1.54, 1.807) is 39.0 Å². The molecule has 27 heavy (non-hydrogen) atoms. The Hall–Kier alpha value is -2.94. The van der Waals surface area contributed by atoms with Gasteiger partial charge in [0, 0.05) is 22.9 Å². The van der Waals surface area contributed by atoms with Crippen LogP contribution in [-0.2, 0) is 10.0 Å². The maximum absolute atomic E-state index is 12.5. The van der Waals surface area contributed by atoms with Crippen molar-refractivity contribution in [2.75, 3.05) is 15.8 Å². The van der Waals surface area contributed by atoms with E-state index in [-0.39, 0.29) is 17.0 Å². The van der Waals surface area contributed by atoms with Crippen LogP contribution >= 0.6 is 0 Å². The largest absolute Gasteiger partial charge is 0.322 e. The fourth-order valence-corrected chi connectivity index (χ4v) is 3.71. The van der Waals surface area contributed by atoms with Gasteiger partial charge in [-0.1, -0.05) is 19.1 Å². The molecular formula is C18H21N3O5S. The standard InChI is InChI=1S/C18H21N3O5S/c1-4-10-27(25,26)20-16-7-5-6-15(13(16)3)19-18(22)14-9-8-12(2)17(11-14)21(23)24/h5-9,11,20H,4,10H2,1-3H3,(H,19,22). The predicted molar refractivity (Wildman–Crippen MR) is 105 cm³/mol. The zero-order chi connectivity index (χ0) is 20.2. The van der Waals surface area contributed by atoms with Crippen LogP contribution in [0.2, 0.25) is 0 Å². The van der Waals surface area contributed by atoms with Gasteiger partial charge in [-0.15, -0.1) is 0 Å². The van der Waals surface area contributed by atoms with Crippen LogP contribution in [0.3, 0.4) is 0 Å². The molecule has 0 radical (unpaired) electrons. The molecule has 2 aromatic rings. The molecule has 0 bridgehead atoms. The maximum atomic E-state index is 12.5. The van der Waals surface area contributed by atoms with Gasteiger partial charge >= 0.3 is 0 Å². The number of hydrogen-bond donors (Lipinski definition) is 2. The molecule has 0 unspecified atom stereocenters. The minimum absolute atomic E-state index is 0.00391. The molecule has 8 nitrogen and oxygen atoms in total. The van der Waals surface area contributed by atoms with Crippen LogP contribution in [0.4, 0.5) is 17.1 Å². The Labute approximate surface area is 157 Å². The predicted octanol–water partition coefficient (Wildman–Crippen LogP) is 3.62. The first-order valence-electron chi connectivity index (χ1n) is 8.31. The first-order chi connectivity index (χ1) is 12.6. The van der Waals surface area contributed by atoms with Crippen molar-refractivity contribution in [2.45, 2.75) is 27.2 Å². The summed E-state index contributed by atoms with van der Waals surface area (Å²) >= 11 is 0. The van der Waals surface area contributed by atoms with Gasteiger partial charge in [0.15, 0.2) is 0 Å². The molecule has 0 heterocycles. The summed E-state index contributed by atoms with van der Waals surface area (Å²) < 4.78 is 26.5. The van der Waals surface area contributed by atoms with Crippen molar-refractivity contribution in [2.24, 2.45) is 0 Å². The SMILES string of the molecule is CCCS(=O)(=O)Nc1cccc(NC(=O)c2ccc(C)c([N+](=O)[O-])c2)c1C. The van der Waals surface area contributed by atoms with Gasteiger partial charge in [0.05, 0.1) is 16.4 Å². The molecule has 1 amide bonds. The minimum atomic E-state index is -3.46. The molecule has 9 heteroatoms. The number of rotatable bonds is 7. The number of anilines is 2. The van der Waals surface area contributed by atoms with Crippen molar-refractivity contribution in [3.8, 4) is 0 Å². The molecule has 0 aliphatic heterocycles. The van der Waals surface area contributed by atoms with Gasteiger partial charge in [-0.3, -0.25) is 19.6 Å². The Morgan fingerprint density at radius 1 is 1.15 bits per heavy atom. The molecule has 0 saturated heterocycles. The van der Waals surface area contributed by atoms with Gasteiger partial charge in [0.25, 0.3) is 11.6 Å². The first-order valence-corrected chi connectivity index (χ1v) is 9.96. The summed E-state index contributed by atoms with van der Waals surface area (Å²) in [6, 6.07) is 9.08. The summed E-state index contributed by atoms with van der Waals surface area (Å²) in [6.07, 6.45) is 0.483. The molecule has 0 spiro atoms. The average Bonchev–Trinajstić information content (AvgIpc) is 2.58. The Kier molecular flexibility index (Phi) is 6.17. The van der Waals surface area contributed by atoms with Crippen LogP contribution in [0.5, 0.6) is 0 Å². The second kappa shape index (κ2) is 8.17. The molecule has 2 aromatic carbocycles. The zero-order valence-corrected chi connectivity index (χ0v) is 16.1. The third kappa shape index (κ3) is 5.04. The Balaban J connectivity index is 2.28. The molecule has 0 aliphatic rings. The van der Waals surface area contributed by atoms with Crippen LogP contribution in [0.15, 0.2) is 36.4 Å². The van der Waals surface area contributed by atoms with E-state index >= 15 is 0 Å². The molecule has 0 aromatic heterocycles. The van der Waals surface area contributed by atoms with E-state index in [0.717, 1.165) is 0 Å². The van der Waals surface area contributed by atoms with Crippen molar-refractivity contribution >= 4 is 33.0 Å². The number of amides is 1. The quantitative estimate of drug-likeness (QED) is 0.552. The lowest BCUT2D eigenvalue weighted by Crippen LogP contribution is -2.18. The van der Waals surface area contributed by atoms with Crippen molar-refractivity contribution in [3.05, 3.63) is 63.2 Å². The minimum Gasteiger partial charge on any atom is -0.322 e. The van der Waals surface area contributed by atoms with E-state index in [1.165, 1.54) is 18.2 Å². The van der Waals surface area contributed by atoms with E-state index in [9.17, 15) is 23.3 Å². The van der Waals surface area contributed by atoms with E-state index in [2.05, 4.69) is 10.0 Å². The molecule has 0 aliphatic carbocycles. The highest BCUT2D eigenvalue weighted by atomic mass is 32.2. The van der Waals surface area contributed by atoms with E-state index in [4.69, 9.17) is 0 Å². The summed E-state index contributed by atoms with van der Waals surface area (Å²) in [5.41, 5.74) is 1.80. The summed E-state index contributed by atoms with van der Waals surface area (Å²) in [6.45, 7) is 5.04. The van der Waals surface area contributed by atoms with Crippen molar-refractivity contribution in [1.82, 2.24) is 0 Å². The zero-order valence-electron chi connectivity index (χ0n) is 15.3. The fourth-order valence-electron chi connectivity index (χ4n) is 2.51. The Bertz CT molecular complexity index is 986. The normalized spacial score (nSPS) is 11.1. The van der Waals surface area contributed by atoms with Crippen LogP contribution < -0.4 is 10.0 Å². The lowest BCUT2D eigenvalue weighted by molar-refractivity contribution is -0.385. The average molecular weight is 391 g/mol. The highest BCUT2D eigenvalue weighted by molar-refractivity contribution is 7.92. The number of benzene rings is 2. The van der Waals surface area contributed by atoms with E-state index < -0.39 is 20.9 Å². The fraction of sp³-hybridized carbons (Fsp3) is 0.278. The summed E-state index contributed by atoms with van der Waals surface area (Å²) in [4.78, 5) is 23.0. The number of nitrogens with one attached hydrogen (secondary N) is 2. The van der Waals surface area contributed by atoms with Gasteiger partial charge in [-0.25, -0.2) is 8.42 Å². The van der Waals surface area contributed by atoms with Crippen LogP contribution in [0, 0.1) is 24.0 Å². The number of nitrogens with zero attached hydrogens (tertiary/aromatic N) is 1. The maximum Gasteiger partial charge on any atom is 0.273 e. The lowest BCUT2D eigenvalue weighted by atomic mass is 10.1. The number of aryl methyl sites for hydroxylation is 1. The van der Waals surface area contributed by atoms with Gasteiger partial charge in [-0.05, 0) is 44.0 Å². The number of sulfonamides is 1. The second-order valence-corrected chi connectivity index (χ2v) is 7.95. The number of carbonyl (C=O) groups excluding carboxylic acids is 1. The van der Waals surface area contributed by atoms with E-state index in [1.807, 2.05) is 0 Å².